The summed E-state index contributed by atoms with van der Waals surface area (Å²) in [6, 6.07) is 10.7. The minimum Gasteiger partial charge on any atom is -0.383 e. The Morgan fingerprint density at radius 1 is 1.38 bits per heavy atom. The number of nitrogen functional groups attached to an aromatic ring is 1. The number of rotatable bonds is 3. The minimum atomic E-state index is 0.109. The second kappa shape index (κ2) is 6.60. The first kappa shape index (κ1) is 16.4. The van der Waals surface area contributed by atoms with Crippen LogP contribution in [0.1, 0.15) is 28.8 Å². The number of anilines is 1. The third kappa shape index (κ3) is 3.12. The molecule has 24 heavy (non-hydrogen) atoms. The van der Waals surface area contributed by atoms with Gasteiger partial charge in [0.2, 0.25) is 0 Å². The van der Waals surface area contributed by atoms with Crippen molar-refractivity contribution >= 4 is 5.82 Å². The molecule has 1 heterocycles. The smallest absolute Gasteiger partial charge is 0.142 e. The van der Waals surface area contributed by atoms with Crippen molar-refractivity contribution < 1.29 is 0 Å². The van der Waals surface area contributed by atoms with Crippen molar-refractivity contribution in [2.45, 2.75) is 31.8 Å². The molecule has 5 nitrogen and oxygen atoms in total. The zero-order chi connectivity index (χ0) is 17.3. The number of hydrogen-bond donors (Lipinski definition) is 2. The van der Waals surface area contributed by atoms with Crippen molar-refractivity contribution in [3.63, 3.8) is 0 Å². The van der Waals surface area contributed by atoms with Crippen molar-refractivity contribution in [3.8, 4) is 17.2 Å². The molecule has 2 aromatic rings. The van der Waals surface area contributed by atoms with Crippen molar-refractivity contribution in [3.05, 3.63) is 46.6 Å². The number of hydrogen-bond acceptors (Lipinski definition) is 5. The van der Waals surface area contributed by atoms with Gasteiger partial charge in [0.15, 0.2) is 0 Å². The molecule has 0 unspecified atom stereocenters. The normalized spacial score (nSPS) is 16.7. The van der Waals surface area contributed by atoms with E-state index < -0.39 is 0 Å². The van der Waals surface area contributed by atoms with Crippen molar-refractivity contribution in [1.29, 1.82) is 5.26 Å². The maximum atomic E-state index is 9.63. The summed E-state index contributed by atoms with van der Waals surface area (Å²) in [6.45, 7) is 0.845. The van der Waals surface area contributed by atoms with Gasteiger partial charge < -0.3 is 16.4 Å². The summed E-state index contributed by atoms with van der Waals surface area (Å²) in [5, 5.41) is 9.63. The largest absolute Gasteiger partial charge is 0.383 e. The lowest BCUT2D eigenvalue weighted by Crippen LogP contribution is -2.29. The molecule has 1 aliphatic rings. The Bertz CT molecular complexity index is 804. The Labute approximate surface area is 142 Å². The average molecular weight is 321 g/mol. The molecule has 0 saturated carbocycles. The van der Waals surface area contributed by atoms with Gasteiger partial charge in [0.1, 0.15) is 17.5 Å². The first-order valence-corrected chi connectivity index (χ1v) is 8.20. The van der Waals surface area contributed by atoms with E-state index in [0.29, 0.717) is 11.4 Å². The minimum absolute atomic E-state index is 0.109. The van der Waals surface area contributed by atoms with Crippen LogP contribution in [0.4, 0.5) is 5.82 Å². The fraction of sp³-hybridized carbons (Fsp3) is 0.368. The molecule has 3 rings (SSSR count). The Morgan fingerprint density at radius 3 is 2.88 bits per heavy atom. The van der Waals surface area contributed by atoms with Crippen LogP contribution in [0.3, 0.4) is 0 Å². The molecular formula is C19H23N5. The first-order chi connectivity index (χ1) is 11.5. The molecule has 0 spiro atoms. The zero-order valence-electron chi connectivity index (χ0n) is 14.2. The molecule has 0 radical (unpaired) electrons. The van der Waals surface area contributed by atoms with Gasteiger partial charge in [0.25, 0.3) is 0 Å². The number of aryl methyl sites for hydroxylation is 1. The van der Waals surface area contributed by atoms with Gasteiger partial charge in [-0.15, -0.1) is 0 Å². The van der Waals surface area contributed by atoms with Gasteiger partial charge in [-0.05, 0) is 56.1 Å². The summed E-state index contributed by atoms with van der Waals surface area (Å²) < 4.78 is 0. The lowest BCUT2D eigenvalue weighted by atomic mass is 9.84. The molecule has 0 fully saturated rings. The number of aromatic nitrogens is 1. The molecule has 1 aliphatic carbocycles. The lowest BCUT2D eigenvalue weighted by Gasteiger charge is -2.25. The highest BCUT2D eigenvalue weighted by Gasteiger charge is 2.25. The molecule has 0 aliphatic heterocycles. The van der Waals surface area contributed by atoms with Crippen LogP contribution in [-0.2, 0) is 19.4 Å². The predicted octanol–water partition coefficient (Wildman–Crippen LogP) is 2.08. The van der Waals surface area contributed by atoms with E-state index in [4.69, 9.17) is 11.5 Å². The third-order valence-electron chi connectivity index (χ3n) is 4.46. The fourth-order valence-electron chi connectivity index (χ4n) is 3.43. The number of benzene rings is 1. The highest BCUT2D eigenvalue weighted by atomic mass is 15.0. The van der Waals surface area contributed by atoms with Crippen LogP contribution in [0.15, 0.2) is 24.3 Å². The summed E-state index contributed by atoms with van der Waals surface area (Å²) >= 11 is 0. The zero-order valence-corrected chi connectivity index (χ0v) is 14.2. The second-order valence-corrected chi connectivity index (χ2v) is 6.73. The van der Waals surface area contributed by atoms with Gasteiger partial charge >= 0.3 is 0 Å². The third-order valence-corrected chi connectivity index (χ3v) is 4.46. The molecule has 0 amide bonds. The van der Waals surface area contributed by atoms with Gasteiger partial charge in [-0.1, -0.05) is 18.2 Å². The molecule has 1 atom stereocenters. The van der Waals surface area contributed by atoms with Crippen LogP contribution in [-0.4, -0.2) is 30.0 Å². The van der Waals surface area contributed by atoms with E-state index in [-0.39, 0.29) is 6.04 Å². The molecular weight excluding hydrogens is 298 g/mol. The Hall–Kier alpha value is -2.42. The van der Waals surface area contributed by atoms with Crippen LogP contribution in [0.5, 0.6) is 0 Å². The fourth-order valence-corrected chi connectivity index (χ4v) is 3.43. The van der Waals surface area contributed by atoms with Crippen molar-refractivity contribution in [2.24, 2.45) is 5.73 Å². The van der Waals surface area contributed by atoms with E-state index in [0.717, 1.165) is 48.2 Å². The summed E-state index contributed by atoms with van der Waals surface area (Å²) in [5.41, 5.74) is 17.9. The molecule has 5 heteroatoms. The van der Waals surface area contributed by atoms with Gasteiger partial charge in [0.05, 0.1) is 0 Å². The molecule has 0 bridgehead atoms. The maximum absolute atomic E-state index is 9.63. The lowest BCUT2D eigenvalue weighted by molar-refractivity contribution is 0.402. The number of nitriles is 1. The average Bonchev–Trinajstić information content (AvgIpc) is 2.53. The number of pyridine rings is 1. The van der Waals surface area contributed by atoms with Crippen LogP contribution in [0.2, 0.25) is 0 Å². The van der Waals surface area contributed by atoms with E-state index >= 15 is 0 Å². The Morgan fingerprint density at radius 2 is 2.17 bits per heavy atom. The van der Waals surface area contributed by atoms with Crippen LogP contribution in [0.25, 0.3) is 11.1 Å². The number of nitrogens with zero attached hydrogens (tertiary/aromatic N) is 3. The molecule has 1 aromatic carbocycles. The second-order valence-electron chi connectivity index (χ2n) is 6.73. The summed E-state index contributed by atoms with van der Waals surface area (Å²) in [4.78, 5) is 6.59. The summed E-state index contributed by atoms with van der Waals surface area (Å²) in [7, 11) is 4.08. The maximum Gasteiger partial charge on any atom is 0.142 e. The standard InChI is InChI=1S/C19H23N5/c1-24(2)11-12-4-3-5-13(8-12)18-15-9-14(21)6-7-17(15)23-19(22)16(18)10-20/h3-5,8,14H,6-7,9,11,21H2,1-2H3,(H2,22,23)/t14-/m0/s1. The van der Waals surface area contributed by atoms with Gasteiger partial charge in [-0.2, -0.15) is 5.26 Å². The molecule has 124 valence electrons. The van der Waals surface area contributed by atoms with E-state index in [1.165, 1.54) is 5.56 Å². The van der Waals surface area contributed by atoms with Gasteiger partial charge in [-0.25, -0.2) is 4.98 Å². The van der Waals surface area contributed by atoms with E-state index in [1.54, 1.807) is 0 Å². The van der Waals surface area contributed by atoms with Crippen molar-refractivity contribution in [1.82, 2.24) is 9.88 Å². The van der Waals surface area contributed by atoms with Crippen molar-refractivity contribution in [2.75, 3.05) is 19.8 Å². The van der Waals surface area contributed by atoms with E-state index in [2.05, 4.69) is 28.1 Å². The SMILES string of the molecule is CN(C)Cc1cccc(-c2c(C#N)c(N)nc3c2C[C@@H](N)CC3)c1. The van der Waals surface area contributed by atoms with Crippen LogP contribution >= 0.6 is 0 Å². The highest BCUT2D eigenvalue weighted by Crippen LogP contribution is 2.36. The van der Waals surface area contributed by atoms with Gasteiger partial charge in [-0.3, -0.25) is 0 Å². The Balaban J connectivity index is 2.20. The first-order valence-electron chi connectivity index (χ1n) is 8.20. The number of fused-ring (bicyclic) bond motifs is 1. The number of nitrogens with two attached hydrogens (primary N) is 2. The van der Waals surface area contributed by atoms with E-state index in [9.17, 15) is 5.26 Å². The van der Waals surface area contributed by atoms with Crippen LogP contribution < -0.4 is 11.5 Å². The molecule has 4 N–H and O–H groups in total. The van der Waals surface area contributed by atoms with Gasteiger partial charge in [0, 0.05) is 23.8 Å². The van der Waals surface area contributed by atoms with Crippen LogP contribution in [0, 0.1) is 11.3 Å². The molecule has 1 aromatic heterocycles. The predicted molar refractivity (Wildman–Crippen MR) is 96.2 cm³/mol. The topological polar surface area (TPSA) is 92.0 Å². The Kier molecular flexibility index (Phi) is 4.52. The summed E-state index contributed by atoms with van der Waals surface area (Å²) in [5.74, 6) is 0.319. The van der Waals surface area contributed by atoms with E-state index in [1.807, 2.05) is 26.2 Å². The quantitative estimate of drug-likeness (QED) is 0.903. The summed E-state index contributed by atoms with van der Waals surface area (Å²) in [6.07, 6.45) is 2.47. The monoisotopic (exact) mass is 321 g/mol. The molecule has 0 saturated heterocycles. The highest BCUT2D eigenvalue weighted by molar-refractivity contribution is 5.79.